The zero-order chi connectivity index (χ0) is 6.62. The van der Waals surface area contributed by atoms with Crippen LogP contribution < -0.4 is 0 Å². The fourth-order valence-electron chi connectivity index (χ4n) is 0.291. The number of rotatable bonds is 2. The van der Waals surface area contributed by atoms with Gasteiger partial charge in [0.15, 0.2) is 0 Å². The van der Waals surface area contributed by atoms with Crippen LogP contribution in [0.2, 0.25) is 0 Å². The van der Waals surface area contributed by atoms with Crippen LogP contribution in [0.25, 0.3) is 0 Å². The predicted octanol–water partition coefficient (Wildman–Crippen LogP) is 2.38. The first kappa shape index (κ1) is 7.83. The molecule has 0 aliphatic carbocycles. The van der Waals surface area contributed by atoms with E-state index in [1.54, 1.807) is 0 Å². The van der Waals surface area contributed by atoms with Gasteiger partial charge in [-0.1, -0.05) is 18.7 Å². The maximum absolute atomic E-state index is 3.59. The lowest BCUT2D eigenvalue weighted by Gasteiger charge is -2.18. The predicted molar refractivity (Wildman–Crippen MR) is 44.7 cm³/mol. The third-order valence-corrected chi connectivity index (χ3v) is 1.60. The van der Waals surface area contributed by atoms with Gasteiger partial charge in [0.2, 0.25) is 0 Å². The Kier molecular flexibility index (Phi) is 2.91. The molecule has 0 aromatic heterocycles. The van der Waals surface area contributed by atoms with Gasteiger partial charge in [-0.2, -0.15) is 0 Å². The molecule has 0 nitrogen and oxygen atoms in total. The summed E-state index contributed by atoms with van der Waals surface area (Å²) in [6.07, 6.45) is 10.6. The van der Waals surface area contributed by atoms with Crippen molar-refractivity contribution < 1.29 is 0 Å². The van der Waals surface area contributed by atoms with Crippen molar-refractivity contribution in [1.82, 2.24) is 0 Å². The Bertz CT molecular complexity index is 95.4. The fraction of sp³-hybridized carbons (Fsp3) is 0.429. The zero-order valence-corrected chi connectivity index (χ0v) is 6.66. The zero-order valence-electron chi connectivity index (χ0n) is 5.85. The molecule has 0 aromatic carbocycles. The van der Waals surface area contributed by atoms with E-state index in [0.29, 0.717) is 0 Å². The standard InChI is InChI=1S/C7H14S/c1-5-6-7-8(2,3)4/h5-7H,1H2,2-4H3/b7-6-. The van der Waals surface area contributed by atoms with Crippen molar-refractivity contribution in [2.75, 3.05) is 18.8 Å². The van der Waals surface area contributed by atoms with E-state index in [9.17, 15) is 0 Å². The molecule has 0 fully saturated rings. The highest BCUT2D eigenvalue weighted by Crippen LogP contribution is 2.35. The smallest absolute Gasteiger partial charge is 0.0315 e. The van der Waals surface area contributed by atoms with Gasteiger partial charge in [-0.25, -0.2) is 10.0 Å². The molecule has 0 rings (SSSR count). The average Bonchev–Trinajstić information content (AvgIpc) is 1.59. The molecule has 0 amide bonds. The number of hydrogen-bond acceptors (Lipinski definition) is 0. The van der Waals surface area contributed by atoms with Crippen LogP contribution in [-0.4, -0.2) is 18.8 Å². The van der Waals surface area contributed by atoms with Gasteiger partial charge in [-0.15, -0.1) is 0 Å². The molecule has 0 saturated carbocycles. The van der Waals surface area contributed by atoms with E-state index in [1.165, 1.54) is 0 Å². The Hall–Kier alpha value is -0.170. The van der Waals surface area contributed by atoms with Crippen molar-refractivity contribution in [3.8, 4) is 0 Å². The minimum absolute atomic E-state index is 0.438. The highest BCUT2D eigenvalue weighted by Gasteiger charge is 1.93. The summed E-state index contributed by atoms with van der Waals surface area (Å²) in [6, 6.07) is 0. The quantitative estimate of drug-likeness (QED) is 0.503. The van der Waals surface area contributed by atoms with Gasteiger partial charge in [0, 0.05) is 0 Å². The molecule has 0 N–H and O–H groups in total. The molecule has 0 atom stereocenters. The van der Waals surface area contributed by atoms with E-state index >= 15 is 0 Å². The molecular weight excluding hydrogens is 116 g/mol. The van der Waals surface area contributed by atoms with Crippen LogP contribution in [0, 0.1) is 0 Å². The van der Waals surface area contributed by atoms with Crippen LogP contribution in [0.4, 0.5) is 0 Å². The fourth-order valence-corrected chi connectivity index (χ4v) is 0.874. The summed E-state index contributed by atoms with van der Waals surface area (Å²) < 4.78 is 0. The van der Waals surface area contributed by atoms with Crippen LogP contribution in [-0.2, 0) is 0 Å². The molecule has 0 aliphatic heterocycles. The van der Waals surface area contributed by atoms with Gasteiger partial charge in [0.1, 0.15) is 0 Å². The molecule has 0 aliphatic rings. The maximum Gasteiger partial charge on any atom is -0.0315 e. The Labute approximate surface area is 53.6 Å². The summed E-state index contributed by atoms with van der Waals surface area (Å²) in [5, 5.41) is 2.21. The van der Waals surface area contributed by atoms with Crippen molar-refractivity contribution in [2.24, 2.45) is 0 Å². The van der Waals surface area contributed by atoms with Crippen LogP contribution in [0.3, 0.4) is 0 Å². The van der Waals surface area contributed by atoms with Crippen molar-refractivity contribution in [1.29, 1.82) is 0 Å². The van der Waals surface area contributed by atoms with E-state index in [2.05, 4.69) is 30.8 Å². The second-order valence-electron chi connectivity index (χ2n) is 2.50. The molecule has 0 saturated heterocycles. The van der Waals surface area contributed by atoms with Crippen molar-refractivity contribution in [3.05, 3.63) is 24.1 Å². The van der Waals surface area contributed by atoms with Crippen molar-refractivity contribution >= 4 is 10.0 Å². The van der Waals surface area contributed by atoms with Gasteiger partial charge in [0.25, 0.3) is 0 Å². The summed E-state index contributed by atoms with van der Waals surface area (Å²) in [4.78, 5) is 0. The Morgan fingerprint density at radius 2 is 1.75 bits per heavy atom. The van der Waals surface area contributed by atoms with Gasteiger partial charge >= 0.3 is 0 Å². The minimum atomic E-state index is -0.438. The molecule has 8 heavy (non-hydrogen) atoms. The molecule has 0 heterocycles. The maximum atomic E-state index is 3.59. The highest BCUT2D eigenvalue weighted by atomic mass is 32.3. The van der Waals surface area contributed by atoms with E-state index in [-0.39, 0.29) is 0 Å². The largest absolute Gasteiger partial charge is 0.230 e. The topological polar surface area (TPSA) is 0 Å². The van der Waals surface area contributed by atoms with Gasteiger partial charge in [-0.05, 0) is 24.2 Å². The third-order valence-electron chi connectivity index (χ3n) is 0.623. The lowest BCUT2D eigenvalue weighted by molar-refractivity contribution is 2.02. The van der Waals surface area contributed by atoms with Crippen molar-refractivity contribution in [3.63, 3.8) is 0 Å². The first-order valence-electron chi connectivity index (χ1n) is 2.54. The monoisotopic (exact) mass is 130 g/mol. The Balaban J connectivity index is 3.69. The molecular formula is C7H14S. The number of hydrogen-bond donors (Lipinski definition) is 0. The summed E-state index contributed by atoms with van der Waals surface area (Å²) in [6.45, 7) is 3.59. The third kappa shape index (κ3) is 5.83. The second kappa shape index (κ2) is 2.98. The normalized spacial score (nSPS) is 14.4. The molecule has 0 bridgehead atoms. The van der Waals surface area contributed by atoms with Crippen LogP contribution in [0.1, 0.15) is 0 Å². The lowest BCUT2D eigenvalue weighted by atomic mass is 10.6. The average molecular weight is 130 g/mol. The van der Waals surface area contributed by atoms with E-state index in [4.69, 9.17) is 0 Å². The molecule has 0 radical (unpaired) electrons. The van der Waals surface area contributed by atoms with E-state index in [1.807, 2.05) is 12.2 Å². The molecule has 0 aromatic rings. The summed E-state index contributed by atoms with van der Waals surface area (Å²) >= 11 is 0. The lowest BCUT2D eigenvalue weighted by Crippen LogP contribution is -1.82. The summed E-state index contributed by atoms with van der Waals surface area (Å²) in [5.74, 6) is 0. The minimum Gasteiger partial charge on any atom is -0.230 e. The van der Waals surface area contributed by atoms with Gasteiger partial charge < -0.3 is 0 Å². The second-order valence-corrected chi connectivity index (χ2v) is 6.63. The summed E-state index contributed by atoms with van der Waals surface area (Å²) in [5.41, 5.74) is 0. The van der Waals surface area contributed by atoms with Crippen LogP contribution >= 0.6 is 10.0 Å². The first-order chi connectivity index (χ1) is 3.56. The first-order valence-corrected chi connectivity index (χ1v) is 5.46. The molecule has 48 valence electrons. The Morgan fingerprint density at radius 1 is 1.25 bits per heavy atom. The van der Waals surface area contributed by atoms with Crippen LogP contribution in [0.5, 0.6) is 0 Å². The van der Waals surface area contributed by atoms with E-state index in [0.717, 1.165) is 0 Å². The van der Waals surface area contributed by atoms with Gasteiger partial charge in [-0.3, -0.25) is 0 Å². The molecule has 0 spiro atoms. The van der Waals surface area contributed by atoms with E-state index < -0.39 is 10.0 Å². The highest BCUT2D eigenvalue weighted by molar-refractivity contribution is 8.34. The van der Waals surface area contributed by atoms with Crippen LogP contribution in [0.15, 0.2) is 24.1 Å². The van der Waals surface area contributed by atoms with Gasteiger partial charge in [0.05, 0.1) is 0 Å². The van der Waals surface area contributed by atoms with Crippen molar-refractivity contribution in [2.45, 2.75) is 0 Å². The SMILES string of the molecule is C=C/C=C\S(C)(C)C. The number of allylic oxidation sites excluding steroid dienone is 2. The summed E-state index contributed by atoms with van der Waals surface area (Å²) in [7, 11) is -0.438. The molecule has 0 unspecified atom stereocenters. The Morgan fingerprint density at radius 3 is 1.88 bits per heavy atom. The molecule has 1 heteroatoms.